The Morgan fingerprint density at radius 2 is 1.31 bits per heavy atom. The fraction of sp³-hybridized carbons (Fsp3) is 0.636. The number of halogens is 1. The van der Waals surface area contributed by atoms with Crippen molar-refractivity contribution in [3.63, 3.8) is 0 Å². The predicted molar refractivity (Wildman–Crippen MR) is 111 cm³/mol. The van der Waals surface area contributed by atoms with E-state index >= 15 is 0 Å². The Hall–Kier alpha value is -1.35. The van der Waals surface area contributed by atoms with Gasteiger partial charge in [-0.3, -0.25) is 9.59 Å². The monoisotopic (exact) mass is 379 g/mol. The number of carbonyl (C=O) groups is 2. The summed E-state index contributed by atoms with van der Waals surface area (Å²) in [6, 6.07) is 7.26. The molecule has 0 aliphatic rings. The van der Waals surface area contributed by atoms with Crippen molar-refractivity contribution in [3.8, 4) is 0 Å². The summed E-state index contributed by atoms with van der Waals surface area (Å²) in [6.45, 7) is 2.25. The van der Waals surface area contributed by atoms with Crippen LogP contribution in [0.5, 0.6) is 0 Å². The van der Waals surface area contributed by atoms with Crippen LogP contribution in [0.15, 0.2) is 24.3 Å². The molecule has 0 bridgehead atoms. The minimum absolute atomic E-state index is 0.0575. The first-order valence-electron chi connectivity index (χ1n) is 10.2. The first-order chi connectivity index (χ1) is 12.6. The van der Waals surface area contributed by atoms with Gasteiger partial charge in [-0.05, 0) is 35.7 Å². The zero-order valence-electron chi connectivity index (χ0n) is 16.2. The zero-order valence-corrected chi connectivity index (χ0v) is 17.0. The van der Waals surface area contributed by atoms with Gasteiger partial charge in [0.05, 0.1) is 0 Å². The third-order valence-corrected chi connectivity index (χ3v) is 4.72. The van der Waals surface area contributed by atoms with E-state index in [0.717, 1.165) is 24.1 Å². The van der Waals surface area contributed by atoms with Crippen molar-refractivity contribution in [2.24, 2.45) is 0 Å². The maximum Gasteiger partial charge on any atom is 0.226 e. The molecular weight excluding hydrogens is 346 g/mol. The standard InChI is InChI=1S/C22H34ClNO2/c1-2-3-4-5-6-7-8-9-10-11-12-13-22(26)24-20-16-14-19(15-17-20)18-21(23)25/h14-17H,2-13,18H2,1H3,(H,24,26). The molecule has 0 saturated carbocycles. The average molecular weight is 380 g/mol. The van der Waals surface area contributed by atoms with Gasteiger partial charge in [-0.2, -0.15) is 0 Å². The van der Waals surface area contributed by atoms with Crippen molar-refractivity contribution in [3.05, 3.63) is 29.8 Å². The number of rotatable bonds is 15. The molecule has 1 aromatic rings. The minimum atomic E-state index is -0.377. The largest absolute Gasteiger partial charge is 0.326 e. The van der Waals surface area contributed by atoms with Gasteiger partial charge >= 0.3 is 0 Å². The first-order valence-corrected chi connectivity index (χ1v) is 10.6. The van der Waals surface area contributed by atoms with Gasteiger partial charge in [-0.15, -0.1) is 0 Å². The lowest BCUT2D eigenvalue weighted by molar-refractivity contribution is -0.116. The van der Waals surface area contributed by atoms with E-state index < -0.39 is 0 Å². The Bertz CT molecular complexity index is 513. The van der Waals surface area contributed by atoms with Crippen LogP contribution in [-0.4, -0.2) is 11.1 Å². The SMILES string of the molecule is CCCCCCCCCCCCCC(=O)Nc1ccc(CC(=O)Cl)cc1. The molecule has 3 nitrogen and oxygen atoms in total. The van der Waals surface area contributed by atoms with Crippen LogP contribution < -0.4 is 5.32 Å². The third-order valence-electron chi connectivity index (χ3n) is 4.59. The predicted octanol–water partition coefficient (Wildman–Crippen LogP) is 6.63. The Labute approximate surface area is 163 Å². The summed E-state index contributed by atoms with van der Waals surface area (Å²) in [5, 5.41) is 2.52. The van der Waals surface area contributed by atoms with Gasteiger partial charge in [-0.25, -0.2) is 0 Å². The van der Waals surface area contributed by atoms with Crippen LogP contribution in [0.1, 0.15) is 89.5 Å². The van der Waals surface area contributed by atoms with E-state index in [-0.39, 0.29) is 17.6 Å². The van der Waals surface area contributed by atoms with Crippen LogP contribution >= 0.6 is 11.6 Å². The van der Waals surface area contributed by atoms with E-state index in [2.05, 4.69) is 12.2 Å². The summed E-state index contributed by atoms with van der Waals surface area (Å²) in [5.41, 5.74) is 1.62. The number of hydrogen-bond donors (Lipinski definition) is 1. The third kappa shape index (κ3) is 12.1. The van der Waals surface area contributed by atoms with Crippen LogP contribution in [0.4, 0.5) is 5.69 Å². The molecule has 0 saturated heterocycles. The average Bonchev–Trinajstić information content (AvgIpc) is 2.61. The molecule has 4 heteroatoms. The zero-order chi connectivity index (χ0) is 19.0. The Balaban J connectivity index is 2.00. The quantitative estimate of drug-likeness (QED) is 0.274. The molecule has 1 N–H and O–H groups in total. The van der Waals surface area contributed by atoms with Crippen molar-refractivity contribution < 1.29 is 9.59 Å². The molecule has 0 aliphatic carbocycles. The number of unbranched alkanes of at least 4 members (excludes halogenated alkanes) is 10. The molecule has 0 fully saturated rings. The second-order valence-corrected chi connectivity index (χ2v) is 7.48. The van der Waals surface area contributed by atoms with Crippen LogP contribution in [0.25, 0.3) is 0 Å². The highest BCUT2D eigenvalue weighted by Gasteiger charge is 2.04. The smallest absolute Gasteiger partial charge is 0.226 e. The summed E-state index contributed by atoms with van der Waals surface area (Å²) >= 11 is 5.36. The number of carbonyl (C=O) groups excluding carboxylic acids is 2. The molecule has 0 spiro atoms. The van der Waals surface area contributed by atoms with Gasteiger partial charge in [-0.1, -0.05) is 83.3 Å². The Kier molecular flexibility index (Phi) is 12.9. The van der Waals surface area contributed by atoms with Gasteiger partial charge in [0.25, 0.3) is 0 Å². The summed E-state index contributed by atoms with van der Waals surface area (Å²) in [4.78, 5) is 22.8. The molecule has 0 unspecified atom stereocenters. The Morgan fingerprint density at radius 3 is 1.81 bits per heavy atom. The van der Waals surface area contributed by atoms with Crippen molar-refractivity contribution >= 4 is 28.4 Å². The lowest BCUT2D eigenvalue weighted by atomic mass is 10.1. The van der Waals surface area contributed by atoms with Crippen LogP contribution in [0, 0.1) is 0 Å². The lowest BCUT2D eigenvalue weighted by Gasteiger charge is -2.06. The molecule has 1 amide bonds. The molecule has 1 rings (SSSR count). The lowest BCUT2D eigenvalue weighted by Crippen LogP contribution is -2.11. The maximum atomic E-state index is 11.9. The second-order valence-electron chi connectivity index (χ2n) is 7.06. The first kappa shape index (κ1) is 22.7. The van der Waals surface area contributed by atoms with E-state index in [1.807, 2.05) is 24.3 Å². The molecular formula is C22H34ClNO2. The summed E-state index contributed by atoms with van der Waals surface area (Å²) in [7, 11) is 0. The summed E-state index contributed by atoms with van der Waals surface area (Å²) in [5.74, 6) is 0.0575. The van der Waals surface area contributed by atoms with Crippen LogP contribution in [0.2, 0.25) is 0 Å². The van der Waals surface area contributed by atoms with E-state index in [9.17, 15) is 9.59 Å². The number of anilines is 1. The van der Waals surface area contributed by atoms with E-state index in [1.165, 1.54) is 57.8 Å². The second kappa shape index (κ2) is 14.8. The van der Waals surface area contributed by atoms with Gasteiger partial charge in [0.1, 0.15) is 0 Å². The van der Waals surface area contributed by atoms with Gasteiger partial charge in [0, 0.05) is 18.5 Å². The van der Waals surface area contributed by atoms with Gasteiger partial charge in [0.2, 0.25) is 11.1 Å². The van der Waals surface area contributed by atoms with Crippen molar-refractivity contribution in [2.45, 2.75) is 90.4 Å². The fourth-order valence-electron chi connectivity index (χ4n) is 3.04. The Morgan fingerprint density at radius 1 is 0.808 bits per heavy atom. The van der Waals surface area contributed by atoms with Crippen LogP contribution in [-0.2, 0) is 16.0 Å². The molecule has 0 aromatic heterocycles. The van der Waals surface area contributed by atoms with Gasteiger partial charge in [0.15, 0.2) is 0 Å². The molecule has 0 heterocycles. The molecule has 26 heavy (non-hydrogen) atoms. The summed E-state index contributed by atoms with van der Waals surface area (Å²) < 4.78 is 0. The van der Waals surface area contributed by atoms with Gasteiger partial charge < -0.3 is 5.32 Å². The van der Waals surface area contributed by atoms with Crippen molar-refractivity contribution in [2.75, 3.05) is 5.32 Å². The minimum Gasteiger partial charge on any atom is -0.326 e. The molecule has 146 valence electrons. The molecule has 0 aliphatic heterocycles. The molecule has 0 atom stereocenters. The number of amides is 1. The van der Waals surface area contributed by atoms with E-state index in [4.69, 9.17) is 11.6 Å². The summed E-state index contributed by atoms with van der Waals surface area (Å²) in [6.07, 6.45) is 14.9. The molecule has 0 radical (unpaired) electrons. The highest BCUT2D eigenvalue weighted by atomic mass is 35.5. The van der Waals surface area contributed by atoms with Crippen molar-refractivity contribution in [1.29, 1.82) is 0 Å². The van der Waals surface area contributed by atoms with Crippen molar-refractivity contribution in [1.82, 2.24) is 0 Å². The number of nitrogens with one attached hydrogen (secondary N) is 1. The number of hydrogen-bond acceptors (Lipinski definition) is 2. The van der Waals surface area contributed by atoms with E-state index in [1.54, 1.807) is 0 Å². The molecule has 1 aromatic carbocycles. The van der Waals surface area contributed by atoms with Crippen LogP contribution in [0.3, 0.4) is 0 Å². The highest BCUT2D eigenvalue weighted by Crippen LogP contribution is 2.14. The highest BCUT2D eigenvalue weighted by molar-refractivity contribution is 6.63. The number of benzene rings is 1. The maximum absolute atomic E-state index is 11.9. The normalized spacial score (nSPS) is 10.7. The fourth-order valence-corrected chi connectivity index (χ4v) is 3.19. The topological polar surface area (TPSA) is 46.2 Å². The van der Waals surface area contributed by atoms with E-state index in [0.29, 0.717) is 6.42 Å².